The minimum atomic E-state index is -0.776. The molecule has 1 N–H and O–H groups in total. The van der Waals surface area contributed by atoms with Gasteiger partial charge in [0.1, 0.15) is 17.6 Å². The number of aliphatic carboxylic acids is 1. The summed E-state index contributed by atoms with van der Waals surface area (Å²) in [4.78, 5) is 15.2. The Morgan fingerprint density at radius 1 is 1.21 bits per heavy atom. The van der Waals surface area contributed by atoms with Gasteiger partial charge < -0.3 is 19.2 Å². The lowest BCUT2D eigenvalue weighted by Gasteiger charge is -2.34. The minimum Gasteiger partial charge on any atom is -0.489 e. The molecule has 180 valence electrons. The topological polar surface area (TPSA) is 66.2 Å². The Hall–Kier alpha value is -3.25. The standard InChI is InChI=1S/C28H34N2O4/c1-21(2)30(24-13-11-22(12-14-24)26-10-6-18-33-26)19-23-7-3-4-9-27(23)34-25-8-5-16-29(20-25)17-15-28(31)32/h3-4,6-7,9-14,18,21,25H,5,8,15-17,19-20H2,1-2H3,(H,31,32)/i19D. The average molecular weight is 464 g/mol. The molecule has 6 nitrogen and oxygen atoms in total. The molecule has 34 heavy (non-hydrogen) atoms. The number of piperidine rings is 1. The van der Waals surface area contributed by atoms with Crippen LogP contribution in [0.15, 0.2) is 71.3 Å². The molecular formula is C28H34N2O4. The van der Waals surface area contributed by atoms with Crippen molar-refractivity contribution in [3.63, 3.8) is 0 Å². The zero-order chi connectivity index (χ0) is 24.8. The number of likely N-dealkylation sites (tertiary alicyclic amines) is 1. The van der Waals surface area contributed by atoms with Gasteiger partial charge in [0.05, 0.1) is 14.1 Å². The summed E-state index contributed by atoms with van der Waals surface area (Å²) >= 11 is 0. The van der Waals surface area contributed by atoms with Crippen molar-refractivity contribution in [1.29, 1.82) is 0 Å². The number of benzene rings is 2. The minimum absolute atomic E-state index is 0.0222. The third-order valence-corrected chi connectivity index (χ3v) is 6.12. The smallest absolute Gasteiger partial charge is 0.304 e. The van der Waals surface area contributed by atoms with Gasteiger partial charge in [-0.2, -0.15) is 0 Å². The summed E-state index contributed by atoms with van der Waals surface area (Å²) in [7, 11) is 0. The molecule has 2 atom stereocenters. The fraction of sp³-hybridized carbons (Fsp3) is 0.393. The van der Waals surface area contributed by atoms with Gasteiger partial charge in [0, 0.05) is 42.5 Å². The van der Waals surface area contributed by atoms with E-state index in [1.54, 1.807) is 6.26 Å². The van der Waals surface area contributed by atoms with E-state index in [2.05, 4.69) is 23.6 Å². The van der Waals surface area contributed by atoms with Crippen LogP contribution in [0.25, 0.3) is 11.3 Å². The normalized spacial score (nSPS) is 17.9. The number of furan rings is 1. The lowest BCUT2D eigenvalue weighted by molar-refractivity contribution is -0.137. The molecule has 1 aromatic heterocycles. The van der Waals surface area contributed by atoms with Gasteiger partial charge in [-0.15, -0.1) is 0 Å². The molecule has 6 heteroatoms. The maximum absolute atomic E-state index is 11.0. The fourth-order valence-electron chi connectivity index (χ4n) is 4.35. The number of nitrogens with zero attached hydrogens (tertiary/aromatic N) is 2. The first-order valence-electron chi connectivity index (χ1n) is 12.5. The molecule has 4 rings (SSSR count). The summed E-state index contributed by atoms with van der Waals surface area (Å²) in [5.41, 5.74) is 2.78. The largest absolute Gasteiger partial charge is 0.489 e. The van der Waals surface area contributed by atoms with Gasteiger partial charge in [-0.3, -0.25) is 9.69 Å². The fourth-order valence-corrected chi connectivity index (χ4v) is 4.35. The molecule has 2 unspecified atom stereocenters. The second-order valence-electron chi connectivity index (χ2n) is 9.02. The predicted molar refractivity (Wildman–Crippen MR) is 134 cm³/mol. The van der Waals surface area contributed by atoms with E-state index in [1.807, 2.05) is 60.7 Å². The highest BCUT2D eigenvalue weighted by Gasteiger charge is 2.23. The molecule has 2 aromatic carbocycles. The maximum atomic E-state index is 11.0. The summed E-state index contributed by atoms with van der Waals surface area (Å²) in [6, 6.07) is 19.8. The number of ether oxygens (including phenoxy) is 1. The Balaban J connectivity index is 1.51. The van der Waals surface area contributed by atoms with Crippen LogP contribution in [0.2, 0.25) is 0 Å². The SMILES string of the molecule is [2H]C(c1ccccc1OC1CCCN(CCC(=O)O)C1)N(c1ccc(-c2ccco2)cc1)C(C)C. The molecule has 2 heterocycles. The molecule has 0 spiro atoms. The van der Waals surface area contributed by atoms with Gasteiger partial charge in [0.25, 0.3) is 0 Å². The molecule has 0 radical (unpaired) electrons. The zero-order valence-electron chi connectivity index (χ0n) is 20.9. The predicted octanol–water partition coefficient (Wildman–Crippen LogP) is 5.68. The molecule has 0 amide bonds. The Morgan fingerprint density at radius 2 is 2.00 bits per heavy atom. The highest BCUT2D eigenvalue weighted by atomic mass is 16.5. The van der Waals surface area contributed by atoms with Crippen LogP contribution in [-0.4, -0.2) is 47.8 Å². The Labute approximate surface area is 203 Å². The summed E-state index contributed by atoms with van der Waals surface area (Å²) in [6.45, 7) is 5.66. The van der Waals surface area contributed by atoms with Crippen LogP contribution in [0.4, 0.5) is 5.69 Å². The molecular weight excluding hydrogens is 428 g/mol. The van der Waals surface area contributed by atoms with Crippen molar-refractivity contribution in [3.8, 4) is 17.1 Å². The summed E-state index contributed by atoms with van der Waals surface area (Å²) in [6.07, 6.45) is 3.67. The molecule has 1 aliphatic rings. The second kappa shape index (κ2) is 11.3. The molecule has 0 saturated carbocycles. The van der Waals surface area contributed by atoms with Crippen molar-refractivity contribution in [2.75, 3.05) is 24.5 Å². The van der Waals surface area contributed by atoms with Crippen molar-refractivity contribution in [3.05, 3.63) is 72.5 Å². The number of rotatable bonds is 10. The first kappa shape index (κ1) is 22.5. The molecule has 1 saturated heterocycles. The van der Waals surface area contributed by atoms with Crippen molar-refractivity contribution in [2.24, 2.45) is 0 Å². The summed E-state index contributed by atoms with van der Waals surface area (Å²) in [5, 5.41) is 9.01. The van der Waals surface area contributed by atoms with E-state index in [4.69, 9.17) is 14.3 Å². The van der Waals surface area contributed by atoms with Crippen LogP contribution < -0.4 is 9.64 Å². The number of hydrogen-bond acceptors (Lipinski definition) is 5. The van der Waals surface area contributed by atoms with Crippen LogP contribution >= 0.6 is 0 Å². The van der Waals surface area contributed by atoms with Gasteiger partial charge in [0.2, 0.25) is 0 Å². The van der Waals surface area contributed by atoms with E-state index in [0.29, 0.717) is 13.1 Å². The number of carboxylic acids is 1. The Bertz CT molecular complexity index is 1080. The molecule has 1 aliphatic heterocycles. The number of carboxylic acid groups (broad SMARTS) is 1. The average Bonchev–Trinajstić information content (AvgIpc) is 3.39. The highest BCUT2D eigenvalue weighted by molar-refractivity contribution is 5.66. The number of anilines is 1. The van der Waals surface area contributed by atoms with E-state index in [-0.39, 0.29) is 18.6 Å². The van der Waals surface area contributed by atoms with Gasteiger partial charge in [-0.1, -0.05) is 18.2 Å². The third kappa shape index (κ3) is 6.20. The Kier molecular flexibility index (Phi) is 7.46. The van der Waals surface area contributed by atoms with E-state index >= 15 is 0 Å². The van der Waals surface area contributed by atoms with Crippen LogP contribution in [0.5, 0.6) is 5.75 Å². The van der Waals surface area contributed by atoms with Crippen LogP contribution in [0, 0.1) is 0 Å². The van der Waals surface area contributed by atoms with Crippen molar-refractivity contribution < 1.29 is 20.4 Å². The van der Waals surface area contributed by atoms with E-state index in [0.717, 1.165) is 47.7 Å². The van der Waals surface area contributed by atoms with Crippen LogP contribution in [0.1, 0.15) is 40.0 Å². The highest BCUT2D eigenvalue weighted by Crippen LogP contribution is 2.29. The summed E-state index contributed by atoms with van der Waals surface area (Å²) in [5.74, 6) is 0.760. The zero-order valence-corrected chi connectivity index (χ0v) is 19.9. The summed E-state index contributed by atoms with van der Waals surface area (Å²) < 4.78 is 21.1. The maximum Gasteiger partial charge on any atom is 0.304 e. The first-order valence-corrected chi connectivity index (χ1v) is 12.0. The van der Waals surface area contributed by atoms with Gasteiger partial charge in [-0.25, -0.2) is 0 Å². The van der Waals surface area contributed by atoms with E-state index in [1.165, 1.54) is 0 Å². The first-order chi connectivity index (χ1) is 16.9. The monoisotopic (exact) mass is 463 g/mol. The van der Waals surface area contributed by atoms with E-state index < -0.39 is 12.5 Å². The van der Waals surface area contributed by atoms with Crippen molar-refractivity contribution >= 4 is 11.7 Å². The van der Waals surface area contributed by atoms with Crippen LogP contribution in [-0.2, 0) is 11.3 Å². The Morgan fingerprint density at radius 3 is 2.71 bits per heavy atom. The second-order valence-corrected chi connectivity index (χ2v) is 9.02. The van der Waals surface area contributed by atoms with Gasteiger partial charge in [0.15, 0.2) is 0 Å². The number of para-hydroxylation sites is 1. The molecule has 0 aliphatic carbocycles. The van der Waals surface area contributed by atoms with E-state index in [9.17, 15) is 6.17 Å². The third-order valence-electron chi connectivity index (χ3n) is 6.12. The number of hydrogen-bond donors (Lipinski definition) is 1. The van der Waals surface area contributed by atoms with Gasteiger partial charge in [-0.05, 0) is 75.7 Å². The quantitative estimate of drug-likeness (QED) is 0.417. The van der Waals surface area contributed by atoms with Crippen molar-refractivity contribution in [2.45, 2.75) is 51.8 Å². The molecule has 0 bridgehead atoms. The number of carbonyl (C=O) groups is 1. The van der Waals surface area contributed by atoms with Crippen LogP contribution in [0.3, 0.4) is 0 Å². The van der Waals surface area contributed by atoms with Crippen molar-refractivity contribution in [1.82, 2.24) is 4.90 Å². The van der Waals surface area contributed by atoms with Gasteiger partial charge >= 0.3 is 5.97 Å². The lowest BCUT2D eigenvalue weighted by atomic mass is 10.1. The molecule has 1 fully saturated rings. The lowest BCUT2D eigenvalue weighted by Crippen LogP contribution is -2.42. The molecule has 3 aromatic rings.